The Hall–Kier alpha value is -1.29. The van der Waals surface area contributed by atoms with E-state index in [1.807, 2.05) is 19.1 Å². The van der Waals surface area contributed by atoms with Crippen LogP contribution >= 0.6 is 12.6 Å². The molecule has 80 valence electrons. The largest absolute Gasteiger partial charge is 0.276 e. The molecule has 0 aliphatic carbocycles. The minimum atomic E-state index is -0.361. The van der Waals surface area contributed by atoms with E-state index >= 15 is 0 Å². The van der Waals surface area contributed by atoms with Gasteiger partial charge in [0.05, 0.1) is 10.5 Å². The van der Waals surface area contributed by atoms with Crippen LogP contribution in [0.1, 0.15) is 17.5 Å². The van der Waals surface area contributed by atoms with Gasteiger partial charge in [0.25, 0.3) is 5.69 Å². The van der Waals surface area contributed by atoms with Crippen molar-refractivity contribution >= 4 is 24.4 Å². The fourth-order valence-corrected chi connectivity index (χ4v) is 1.41. The summed E-state index contributed by atoms with van der Waals surface area (Å²) in [6.45, 7) is 1.92. The molecule has 0 spiro atoms. The van der Waals surface area contributed by atoms with Gasteiger partial charge in [-0.2, -0.15) is 12.6 Å². The van der Waals surface area contributed by atoms with Gasteiger partial charge in [0.1, 0.15) is 0 Å². The van der Waals surface area contributed by atoms with Crippen molar-refractivity contribution < 1.29 is 4.92 Å². The number of allylic oxidation sites excluding steroid dienone is 1. The van der Waals surface area contributed by atoms with Gasteiger partial charge in [-0.05, 0) is 25.2 Å². The van der Waals surface area contributed by atoms with Crippen LogP contribution in [0.15, 0.2) is 24.3 Å². The SMILES string of the molecule is Cc1ccc([N+](=O)[O-])c(C=CCCS)c1. The summed E-state index contributed by atoms with van der Waals surface area (Å²) in [4.78, 5) is 10.4. The van der Waals surface area contributed by atoms with E-state index in [0.29, 0.717) is 5.56 Å². The molecule has 0 heterocycles. The number of rotatable bonds is 4. The summed E-state index contributed by atoms with van der Waals surface area (Å²) in [6.07, 6.45) is 4.49. The normalized spacial score (nSPS) is 10.8. The Labute approximate surface area is 94.4 Å². The maximum absolute atomic E-state index is 10.7. The lowest BCUT2D eigenvalue weighted by Gasteiger charge is -1.98. The third-order valence-electron chi connectivity index (χ3n) is 1.97. The van der Waals surface area contributed by atoms with Crippen molar-refractivity contribution in [3.05, 3.63) is 45.5 Å². The average molecular weight is 223 g/mol. The molecule has 1 aromatic carbocycles. The predicted octanol–water partition coefficient (Wildman–Crippen LogP) is 3.24. The molecule has 0 aromatic heterocycles. The monoisotopic (exact) mass is 223 g/mol. The molecule has 0 N–H and O–H groups in total. The number of benzene rings is 1. The van der Waals surface area contributed by atoms with Gasteiger partial charge in [-0.1, -0.05) is 23.8 Å². The first-order valence-electron chi connectivity index (χ1n) is 4.67. The maximum atomic E-state index is 10.7. The van der Waals surface area contributed by atoms with Gasteiger partial charge in [0.15, 0.2) is 0 Å². The first-order valence-corrected chi connectivity index (χ1v) is 5.31. The molecule has 0 amide bonds. The van der Waals surface area contributed by atoms with Crippen molar-refractivity contribution in [2.75, 3.05) is 5.75 Å². The molecule has 1 aromatic rings. The zero-order valence-electron chi connectivity index (χ0n) is 8.51. The highest BCUT2D eigenvalue weighted by molar-refractivity contribution is 7.80. The van der Waals surface area contributed by atoms with Gasteiger partial charge in [-0.15, -0.1) is 0 Å². The van der Waals surface area contributed by atoms with Crippen LogP contribution < -0.4 is 0 Å². The third kappa shape index (κ3) is 3.40. The lowest BCUT2D eigenvalue weighted by molar-refractivity contribution is -0.385. The Bertz CT molecular complexity index is 388. The van der Waals surface area contributed by atoms with Gasteiger partial charge >= 0.3 is 0 Å². The van der Waals surface area contributed by atoms with Crippen molar-refractivity contribution in [3.63, 3.8) is 0 Å². The topological polar surface area (TPSA) is 43.1 Å². The van der Waals surface area contributed by atoms with E-state index in [0.717, 1.165) is 17.7 Å². The number of nitro groups is 1. The molecule has 3 nitrogen and oxygen atoms in total. The van der Waals surface area contributed by atoms with Crippen LogP contribution in [0, 0.1) is 17.0 Å². The summed E-state index contributed by atoms with van der Waals surface area (Å²) in [6, 6.07) is 5.09. The van der Waals surface area contributed by atoms with Gasteiger partial charge in [-0.3, -0.25) is 10.1 Å². The minimum absolute atomic E-state index is 0.149. The van der Waals surface area contributed by atoms with Crippen LogP contribution in [-0.2, 0) is 0 Å². The fraction of sp³-hybridized carbons (Fsp3) is 0.273. The van der Waals surface area contributed by atoms with E-state index in [-0.39, 0.29) is 10.6 Å². The highest BCUT2D eigenvalue weighted by Gasteiger charge is 2.10. The summed E-state index contributed by atoms with van der Waals surface area (Å²) in [5.41, 5.74) is 1.82. The fourth-order valence-electron chi connectivity index (χ4n) is 1.26. The smallest absolute Gasteiger partial charge is 0.258 e. The molecular weight excluding hydrogens is 210 g/mol. The zero-order valence-corrected chi connectivity index (χ0v) is 9.41. The van der Waals surface area contributed by atoms with Crippen LogP contribution in [0.3, 0.4) is 0 Å². The van der Waals surface area contributed by atoms with E-state index in [2.05, 4.69) is 12.6 Å². The highest BCUT2D eigenvalue weighted by Crippen LogP contribution is 2.21. The standard InChI is InChI=1S/C11H13NO2S/c1-9-5-6-11(12(13)14)10(8-9)4-2-3-7-15/h2,4-6,8,15H,3,7H2,1H3. The molecular formula is C11H13NO2S. The predicted molar refractivity (Wildman–Crippen MR) is 65.3 cm³/mol. The van der Waals surface area contributed by atoms with Crippen molar-refractivity contribution in [2.45, 2.75) is 13.3 Å². The second kappa shape index (κ2) is 5.56. The Morgan fingerprint density at radius 1 is 1.53 bits per heavy atom. The molecule has 0 radical (unpaired) electrons. The van der Waals surface area contributed by atoms with Crippen LogP contribution in [0.4, 0.5) is 5.69 Å². The maximum Gasteiger partial charge on any atom is 0.276 e. The molecule has 0 fully saturated rings. The number of nitrogens with zero attached hydrogens (tertiary/aromatic N) is 1. The van der Waals surface area contributed by atoms with E-state index in [9.17, 15) is 10.1 Å². The van der Waals surface area contributed by atoms with Crippen LogP contribution in [0.5, 0.6) is 0 Å². The molecule has 0 aliphatic heterocycles. The van der Waals surface area contributed by atoms with Crippen LogP contribution in [0.2, 0.25) is 0 Å². The summed E-state index contributed by atoms with van der Waals surface area (Å²) >= 11 is 4.07. The van der Waals surface area contributed by atoms with Gasteiger partial charge in [-0.25, -0.2) is 0 Å². The van der Waals surface area contributed by atoms with Crippen LogP contribution in [-0.4, -0.2) is 10.7 Å². The summed E-state index contributed by atoms with van der Waals surface area (Å²) in [5.74, 6) is 0.746. The molecule has 0 saturated heterocycles. The number of thiol groups is 1. The molecule has 0 unspecified atom stereocenters. The average Bonchev–Trinajstić information content (AvgIpc) is 2.18. The van der Waals surface area contributed by atoms with Gasteiger partial charge in [0, 0.05) is 6.07 Å². The summed E-state index contributed by atoms with van der Waals surface area (Å²) in [5, 5.41) is 10.7. The Kier molecular flexibility index (Phi) is 4.37. The summed E-state index contributed by atoms with van der Waals surface area (Å²) in [7, 11) is 0. The van der Waals surface area contributed by atoms with Crippen molar-refractivity contribution in [1.29, 1.82) is 0 Å². The van der Waals surface area contributed by atoms with E-state index in [1.54, 1.807) is 12.1 Å². The van der Waals surface area contributed by atoms with Gasteiger partial charge < -0.3 is 0 Å². The van der Waals surface area contributed by atoms with E-state index < -0.39 is 0 Å². The van der Waals surface area contributed by atoms with Crippen molar-refractivity contribution in [3.8, 4) is 0 Å². The Balaban J connectivity index is 3.02. The molecule has 4 heteroatoms. The summed E-state index contributed by atoms with van der Waals surface area (Å²) < 4.78 is 0. The number of hydrogen-bond donors (Lipinski definition) is 1. The molecule has 0 atom stereocenters. The van der Waals surface area contributed by atoms with E-state index in [4.69, 9.17) is 0 Å². The van der Waals surface area contributed by atoms with Crippen LogP contribution in [0.25, 0.3) is 6.08 Å². The quantitative estimate of drug-likeness (QED) is 0.484. The Morgan fingerprint density at radius 3 is 2.87 bits per heavy atom. The van der Waals surface area contributed by atoms with Gasteiger partial charge in [0.2, 0.25) is 0 Å². The highest BCUT2D eigenvalue weighted by atomic mass is 32.1. The molecule has 0 saturated carbocycles. The second-order valence-corrected chi connectivity index (χ2v) is 3.68. The lowest BCUT2D eigenvalue weighted by atomic mass is 10.1. The minimum Gasteiger partial charge on any atom is -0.258 e. The Morgan fingerprint density at radius 2 is 2.27 bits per heavy atom. The molecule has 1 rings (SSSR count). The number of aryl methyl sites for hydroxylation is 1. The number of nitro benzene ring substituents is 1. The van der Waals surface area contributed by atoms with Crippen molar-refractivity contribution in [1.82, 2.24) is 0 Å². The second-order valence-electron chi connectivity index (χ2n) is 3.23. The zero-order chi connectivity index (χ0) is 11.3. The number of hydrogen-bond acceptors (Lipinski definition) is 3. The first-order chi connectivity index (χ1) is 7.15. The third-order valence-corrected chi connectivity index (χ3v) is 2.23. The first kappa shape index (κ1) is 11.8. The molecule has 0 aliphatic rings. The lowest BCUT2D eigenvalue weighted by Crippen LogP contribution is -1.91. The molecule has 0 bridgehead atoms. The van der Waals surface area contributed by atoms with Crippen molar-refractivity contribution in [2.24, 2.45) is 0 Å². The molecule has 15 heavy (non-hydrogen) atoms. The van der Waals surface area contributed by atoms with E-state index in [1.165, 1.54) is 6.07 Å².